The van der Waals surface area contributed by atoms with Crippen molar-refractivity contribution in [2.75, 3.05) is 19.0 Å². The number of nitrogens with one attached hydrogen (secondary N) is 1. The van der Waals surface area contributed by atoms with Crippen molar-refractivity contribution in [2.45, 2.75) is 19.8 Å². The summed E-state index contributed by atoms with van der Waals surface area (Å²) in [6.45, 7) is 2.73. The number of hydrogen-bond acceptors (Lipinski definition) is 3. The molecule has 0 bridgehead atoms. The maximum atomic E-state index is 10.9. The average Bonchev–Trinajstić information content (AvgIpc) is 2.29. The summed E-state index contributed by atoms with van der Waals surface area (Å²) in [6.07, 6.45) is 1.38. The lowest BCUT2D eigenvalue weighted by Crippen LogP contribution is -2.10. The molecular formula is C12H17NO2. The predicted molar refractivity (Wildman–Crippen MR) is 60.9 cm³/mol. The summed E-state index contributed by atoms with van der Waals surface area (Å²) in [7, 11) is 1.41. The van der Waals surface area contributed by atoms with Crippen molar-refractivity contribution >= 4 is 11.7 Å². The molecule has 0 radical (unpaired) electrons. The van der Waals surface area contributed by atoms with Gasteiger partial charge in [0.2, 0.25) is 0 Å². The van der Waals surface area contributed by atoms with Gasteiger partial charge >= 0.3 is 5.97 Å². The number of carbonyl (C=O) groups is 1. The molecule has 0 aliphatic carbocycles. The number of para-hydroxylation sites is 1. The number of benzene rings is 1. The summed E-state index contributed by atoms with van der Waals surface area (Å²) in [4.78, 5) is 10.9. The molecule has 0 aromatic heterocycles. The van der Waals surface area contributed by atoms with Crippen LogP contribution in [0.15, 0.2) is 24.3 Å². The van der Waals surface area contributed by atoms with Crippen LogP contribution in [0.25, 0.3) is 0 Å². The standard InChI is InChI=1S/C12H17NO2/c1-3-10-6-4-5-7-11(10)13-9-8-12(14)15-2/h4-7,13H,3,8-9H2,1-2H3. The largest absolute Gasteiger partial charge is 0.469 e. The fourth-order valence-electron chi connectivity index (χ4n) is 1.40. The second-order valence-corrected chi connectivity index (χ2v) is 3.26. The first kappa shape index (κ1) is 11.6. The van der Waals surface area contributed by atoms with Gasteiger partial charge in [-0.15, -0.1) is 0 Å². The second-order valence-electron chi connectivity index (χ2n) is 3.26. The van der Waals surface area contributed by atoms with Gasteiger partial charge in [0.05, 0.1) is 13.5 Å². The van der Waals surface area contributed by atoms with E-state index in [2.05, 4.69) is 23.0 Å². The third-order valence-corrected chi connectivity index (χ3v) is 2.27. The monoisotopic (exact) mass is 207 g/mol. The molecule has 0 aliphatic heterocycles. The first-order valence-corrected chi connectivity index (χ1v) is 5.16. The number of aryl methyl sites for hydroxylation is 1. The Morgan fingerprint density at radius 3 is 2.80 bits per heavy atom. The van der Waals surface area contributed by atoms with Crippen molar-refractivity contribution in [1.82, 2.24) is 0 Å². The van der Waals surface area contributed by atoms with Crippen molar-refractivity contribution in [3.05, 3.63) is 29.8 Å². The van der Waals surface area contributed by atoms with Crippen molar-refractivity contribution in [3.63, 3.8) is 0 Å². The van der Waals surface area contributed by atoms with Crippen LogP contribution in [0.1, 0.15) is 18.9 Å². The maximum Gasteiger partial charge on any atom is 0.307 e. The van der Waals surface area contributed by atoms with Crippen LogP contribution < -0.4 is 5.32 Å². The van der Waals surface area contributed by atoms with Crippen LogP contribution in [0.3, 0.4) is 0 Å². The van der Waals surface area contributed by atoms with Crippen molar-refractivity contribution in [2.24, 2.45) is 0 Å². The van der Waals surface area contributed by atoms with E-state index in [-0.39, 0.29) is 5.97 Å². The molecule has 1 aromatic rings. The molecule has 0 aliphatic rings. The van der Waals surface area contributed by atoms with Gasteiger partial charge in [0.15, 0.2) is 0 Å². The zero-order valence-electron chi connectivity index (χ0n) is 9.25. The first-order chi connectivity index (χ1) is 7.27. The van der Waals surface area contributed by atoms with Crippen LogP contribution in [0, 0.1) is 0 Å². The Morgan fingerprint density at radius 1 is 1.40 bits per heavy atom. The Bertz CT molecular complexity index is 323. The summed E-state index contributed by atoms with van der Waals surface area (Å²) >= 11 is 0. The maximum absolute atomic E-state index is 10.9. The molecule has 3 heteroatoms. The van der Waals surface area contributed by atoms with Gasteiger partial charge < -0.3 is 10.1 Å². The SMILES string of the molecule is CCc1ccccc1NCCC(=O)OC. The quantitative estimate of drug-likeness (QED) is 0.752. The molecule has 0 fully saturated rings. The summed E-state index contributed by atoms with van der Waals surface area (Å²) < 4.78 is 4.57. The zero-order valence-corrected chi connectivity index (χ0v) is 9.25. The highest BCUT2D eigenvalue weighted by Crippen LogP contribution is 2.14. The number of anilines is 1. The van der Waals surface area contributed by atoms with Gasteiger partial charge in [0, 0.05) is 12.2 Å². The highest BCUT2D eigenvalue weighted by molar-refractivity contribution is 5.70. The topological polar surface area (TPSA) is 38.3 Å². The average molecular weight is 207 g/mol. The van der Waals surface area contributed by atoms with E-state index in [9.17, 15) is 4.79 Å². The lowest BCUT2D eigenvalue weighted by molar-refractivity contribution is -0.140. The molecule has 0 saturated carbocycles. The number of hydrogen-bond donors (Lipinski definition) is 1. The van der Waals surface area contributed by atoms with E-state index < -0.39 is 0 Å². The molecule has 82 valence electrons. The number of esters is 1. The Hall–Kier alpha value is -1.51. The molecular weight excluding hydrogens is 190 g/mol. The molecule has 0 heterocycles. The summed E-state index contributed by atoms with van der Waals surface area (Å²) in [6, 6.07) is 8.11. The third kappa shape index (κ3) is 3.62. The van der Waals surface area contributed by atoms with E-state index in [4.69, 9.17) is 0 Å². The van der Waals surface area contributed by atoms with Crippen molar-refractivity contribution < 1.29 is 9.53 Å². The van der Waals surface area contributed by atoms with Crippen LogP contribution in [-0.2, 0) is 16.0 Å². The number of methoxy groups -OCH3 is 1. The molecule has 1 rings (SSSR count). The minimum atomic E-state index is -0.184. The number of rotatable bonds is 5. The fraction of sp³-hybridized carbons (Fsp3) is 0.417. The lowest BCUT2D eigenvalue weighted by Gasteiger charge is -2.09. The van der Waals surface area contributed by atoms with Gasteiger partial charge in [-0.2, -0.15) is 0 Å². The summed E-state index contributed by atoms with van der Waals surface area (Å²) in [5, 5.41) is 3.23. The molecule has 0 saturated heterocycles. The Balaban J connectivity index is 2.46. The Morgan fingerprint density at radius 2 is 2.13 bits per heavy atom. The minimum absolute atomic E-state index is 0.184. The van der Waals surface area contributed by atoms with Gasteiger partial charge in [0.25, 0.3) is 0 Å². The molecule has 0 amide bonds. The molecule has 0 unspecified atom stereocenters. The third-order valence-electron chi connectivity index (χ3n) is 2.27. The molecule has 0 atom stereocenters. The molecule has 3 nitrogen and oxygen atoms in total. The van der Waals surface area contributed by atoms with Crippen LogP contribution in [0.5, 0.6) is 0 Å². The van der Waals surface area contributed by atoms with E-state index in [0.717, 1.165) is 12.1 Å². The number of ether oxygens (including phenoxy) is 1. The second kappa shape index (κ2) is 6.06. The van der Waals surface area contributed by atoms with Crippen LogP contribution in [0.4, 0.5) is 5.69 Å². The zero-order chi connectivity index (χ0) is 11.1. The Labute approximate surface area is 90.4 Å². The van der Waals surface area contributed by atoms with E-state index in [1.165, 1.54) is 12.7 Å². The van der Waals surface area contributed by atoms with Gasteiger partial charge in [-0.25, -0.2) is 0 Å². The van der Waals surface area contributed by atoms with E-state index >= 15 is 0 Å². The van der Waals surface area contributed by atoms with Crippen molar-refractivity contribution in [1.29, 1.82) is 0 Å². The van der Waals surface area contributed by atoms with Crippen LogP contribution >= 0.6 is 0 Å². The van der Waals surface area contributed by atoms with Gasteiger partial charge in [-0.3, -0.25) is 4.79 Å². The summed E-state index contributed by atoms with van der Waals surface area (Å²) in [5.74, 6) is -0.184. The first-order valence-electron chi connectivity index (χ1n) is 5.16. The molecule has 1 N–H and O–H groups in total. The highest BCUT2D eigenvalue weighted by Gasteiger charge is 2.01. The molecule has 0 spiro atoms. The number of carbonyl (C=O) groups excluding carboxylic acids is 1. The Kier molecular flexibility index (Phi) is 4.68. The van der Waals surface area contributed by atoms with Crippen LogP contribution in [0.2, 0.25) is 0 Å². The van der Waals surface area contributed by atoms with Gasteiger partial charge in [-0.05, 0) is 18.1 Å². The van der Waals surface area contributed by atoms with Crippen molar-refractivity contribution in [3.8, 4) is 0 Å². The fourth-order valence-corrected chi connectivity index (χ4v) is 1.40. The molecule has 15 heavy (non-hydrogen) atoms. The van der Waals surface area contributed by atoms with Gasteiger partial charge in [-0.1, -0.05) is 25.1 Å². The molecule has 1 aromatic carbocycles. The normalized spacial score (nSPS) is 9.73. The van der Waals surface area contributed by atoms with Crippen LogP contribution in [-0.4, -0.2) is 19.6 Å². The smallest absolute Gasteiger partial charge is 0.307 e. The van der Waals surface area contributed by atoms with E-state index in [1.807, 2.05) is 18.2 Å². The minimum Gasteiger partial charge on any atom is -0.469 e. The van der Waals surface area contributed by atoms with E-state index in [0.29, 0.717) is 13.0 Å². The summed E-state index contributed by atoms with van der Waals surface area (Å²) in [5.41, 5.74) is 2.37. The van der Waals surface area contributed by atoms with E-state index in [1.54, 1.807) is 0 Å². The predicted octanol–water partition coefficient (Wildman–Crippen LogP) is 2.22. The highest BCUT2D eigenvalue weighted by atomic mass is 16.5. The van der Waals surface area contributed by atoms with Gasteiger partial charge in [0.1, 0.15) is 0 Å². The lowest BCUT2D eigenvalue weighted by atomic mass is 10.1.